The van der Waals surface area contributed by atoms with E-state index in [1.165, 1.54) is 12.1 Å². The first-order chi connectivity index (χ1) is 11.0. The molecule has 0 saturated heterocycles. The number of hydrogen-bond acceptors (Lipinski definition) is 7. The number of aliphatic hydroxyl groups excluding tert-OH is 2. The highest BCUT2D eigenvalue weighted by molar-refractivity contribution is 7.89. The lowest BCUT2D eigenvalue weighted by Crippen LogP contribution is -2.33. The molecule has 0 aliphatic carbocycles. The third kappa shape index (κ3) is 3.78. The number of sulfonamides is 1. The molecule has 8 nitrogen and oxygen atoms in total. The Balaban J connectivity index is 2.50. The summed E-state index contributed by atoms with van der Waals surface area (Å²) in [6.07, 6.45) is 0. The van der Waals surface area contributed by atoms with Crippen molar-refractivity contribution < 1.29 is 28.3 Å². The van der Waals surface area contributed by atoms with Gasteiger partial charge in [0, 0.05) is 16.5 Å². The van der Waals surface area contributed by atoms with Crippen LogP contribution < -0.4 is 5.73 Å². The normalized spacial score (nSPS) is 12.1. The summed E-state index contributed by atoms with van der Waals surface area (Å²) in [6.45, 7) is -1.34. The first-order valence-electron chi connectivity index (χ1n) is 6.82. The molecule has 0 heterocycles. The van der Waals surface area contributed by atoms with Gasteiger partial charge >= 0.3 is 0 Å². The van der Waals surface area contributed by atoms with E-state index in [9.17, 15) is 8.42 Å². The van der Waals surface area contributed by atoms with Gasteiger partial charge < -0.3 is 15.9 Å². The van der Waals surface area contributed by atoms with Gasteiger partial charge in [-0.25, -0.2) is 8.42 Å². The fraction of sp³-hybridized carbons (Fsp3) is 0.286. The summed E-state index contributed by atoms with van der Waals surface area (Å²) in [4.78, 5) is 9.79. The summed E-state index contributed by atoms with van der Waals surface area (Å²) in [7, 11) is -4.18. The minimum Gasteiger partial charge on any atom is -0.398 e. The zero-order valence-corrected chi connectivity index (χ0v) is 13.1. The number of nitrogens with zero attached hydrogens (tertiary/aromatic N) is 1. The maximum Gasteiger partial charge on any atom is 0.289 e. The number of hydrogen-bond donors (Lipinski definition) is 3. The van der Waals surface area contributed by atoms with Gasteiger partial charge in [0.1, 0.15) is 0 Å². The van der Waals surface area contributed by atoms with Crippen LogP contribution in [0.15, 0.2) is 41.3 Å². The average molecular weight is 342 g/mol. The second-order valence-corrected chi connectivity index (χ2v) is 6.20. The fourth-order valence-electron chi connectivity index (χ4n) is 2.01. The molecule has 0 fully saturated rings. The Labute approximate surface area is 133 Å². The van der Waals surface area contributed by atoms with Crippen molar-refractivity contribution >= 4 is 26.5 Å². The van der Waals surface area contributed by atoms with Crippen molar-refractivity contribution in [1.82, 2.24) is 4.63 Å². The zero-order chi connectivity index (χ0) is 16.9. The monoisotopic (exact) mass is 342 g/mol. The highest BCUT2D eigenvalue weighted by Crippen LogP contribution is 2.29. The Bertz CT molecular complexity index is 757. The maximum atomic E-state index is 12.7. The molecule has 0 amide bonds. The third-order valence-electron chi connectivity index (χ3n) is 2.97. The van der Waals surface area contributed by atoms with E-state index in [-0.39, 0.29) is 18.1 Å². The summed E-state index contributed by atoms with van der Waals surface area (Å²) in [5, 5.41) is 18.6. The van der Waals surface area contributed by atoms with Gasteiger partial charge in [-0.1, -0.05) is 24.3 Å². The van der Waals surface area contributed by atoms with Gasteiger partial charge in [-0.15, -0.1) is 0 Å². The van der Waals surface area contributed by atoms with Crippen LogP contribution in [0.2, 0.25) is 0 Å². The molecule has 0 aliphatic heterocycles. The molecule has 2 aromatic carbocycles. The van der Waals surface area contributed by atoms with Crippen LogP contribution in [0.5, 0.6) is 0 Å². The van der Waals surface area contributed by atoms with Gasteiger partial charge in [-0.3, -0.25) is 9.68 Å². The molecule has 4 N–H and O–H groups in total. The van der Waals surface area contributed by atoms with Crippen molar-refractivity contribution in [3.8, 4) is 0 Å². The lowest BCUT2D eigenvalue weighted by atomic mass is 10.1. The van der Waals surface area contributed by atoms with Crippen LogP contribution in [0.3, 0.4) is 0 Å². The van der Waals surface area contributed by atoms with Gasteiger partial charge in [-0.2, -0.15) is 0 Å². The molecule has 0 saturated carbocycles. The van der Waals surface area contributed by atoms with Crippen LogP contribution in [0.25, 0.3) is 10.8 Å². The second kappa shape index (κ2) is 7.68. The molecule has 0 unspecified atom stereocenters. The van der Waals surface area contributed by atoms with Crippen molar-refractivity contribution in [2.75, 3.05) is 32.2 Å². The largest absolute Gasteiger partial charge is 0.398 e. The molecule has 0 spiro atoms. The van der Waals surface area contributed by atoms with E-state index in [2.05, 4.69) is 0 Å². The first kappa shape index (κ1) is 17.6. The number of benzene rings is 2. The zero-order valence-electron chi connectivity index (χ0n) is 12.3. The van der Waals surface area contributed by atoms with Crippen LogP contribution in [0.4, 0.5) is 5.69 Å². The Morgan fingerprint density at radius 1 is 0.957 bits per heavy atom. The topological polar surface area (TPSA) is 122 Å². The SMILES string of the molecule is Nc1ccc(S(=O)(=O)N(OCCO)OCCO)c2ccccc12. The number of rotatable bonds is 8. The van der Waals surface area contributed by atoms with Crippen LogP contribution in [0, 0.1) is 0 Å². The van der Waals surface area contributed by atoms with Crippen LogP contribution in [-0.4, -0.2) is 49.7 Å². The Morgan fingerprint density at radius 2 is 1.52 bits per heavy atom. The summed E-state index contributed by atoms with van der Waals surface area (Å²) in [5.74, 6) is 0. The lowest BCUT2D eigenvalue weighted by molar-refractivity contribution is -0.305. The Kier molecular flexibility index (Phi) is 5.88. The van der Waals surface area contributed by atoms with E-state index in [1.807, 2.05) is 0 Å². The molecule has 126 valence electrons. The highest BCUT2D eigenvalue weighted by atomic mass is 32.2. The van der Waals surface area contributed by atoms with Crippen LogP contribution in [0.1, 0.15) is 0 Å². The van der Waals surface area contributed by atoms with E-state index in [0.717, 1.165) is 0 Å². The minimum absolute atomic E-state index is 0.0572. The van der Waals surface area contributed by atoms with Crippen molar-refractivity contribution in [3.05, 3.63) is 36.4 Å². The lowest BCUT2D eigenvalue weighted by Gasteiger charge is -2.20. The van der Waals surface area contributed by atoms with Crippen LogP contribution >= 0.6 is 0 Å². The van der Waals surface area contributed by atoms with Gasteiger partial charge in [0.15, 0.2) is 0 Å². The van der Waals surface area contributed by atoms with Crippen molar-refractivity contribution in [1.29, 1.82) is 0 Å². The van der Waals surface area contributed by atoms with Crippen molar-refractivity contribution in [2.24, 2.45) is 0 Å². The number of nitrogens with two attached hydrogens (primary N) is 1. The van der Waals surface area contributed by atoms with Gasteiger partial charge in [0.05, 0.1) is 36.0 Å². The molecule has 2 rings (SSSR count). The molecule has 2 aromatic rings. The maximum absolute atomic E-state index is 12.7. The van der Waals surface area contributed by atoms with E-state index in [4.69, 9.17) is 25.6 Å². The summed E-state index contributed by atoms with van der Waals surface area (Å²) in [5.41, 5.74) is 6.31. The second-order valence-electron chi connectivity index (χ2n) is 4.51. The smallest absolute Gasteiger partial charge is 0.289 e. The van der Waals surface area contributed by atoms with Crippen molar-refractivity contribution in [2.45, 2.75) is 4.90 Å². The fourth-order valence-corrected chi connectivity index (χ4v) is 3.29. The Morgan fingerprint density at radius 3 is 2.09 bits per heavy atom. The molecule has 0 aliphatic rings. The van der Waals surface area contributed by atoms with Crippen molar-refractivity contribution in [3.63, 3.8) is 0 Å². The summed E-state index contributed by atoms with van der Waals surface area (Å²) < 4.78 is 25.8. The summed E-state index contributed by atoms with van der Waals surface area (Å²) in [6, 6.07) is 9.59. The Hall–Kier alpha value is -1.75. The molecule has 23 heavy (non-hydrogen) atoms. The number of anilines is 1. The molecule has 9 heteroatoms. The number of nitrogen functional groups attached to an aromatic ring is 1. The summed E-state index contributed by atoms with van der Waals surface area (Å²) >= 11 is 0. The standard InChI is InChI=1S/C14H18N2O6S/c15-13-5-6-14(12-4-2-1-3-11(12)13)23(19,20)16(21-9-7-17)22-10-8-18/h1-6,17-18H,7-10,15H2. The van der Waals surface area contributed by atoms with Gasteiger partial charge in [0.25, 0.3) is 10.0 Å². The molecule has 0 aromatic heterocycles. The number of fused-ring (bicyclic) bond motifs is 1. The molecule has 0 atom stereocenters. The van der Waals surface area contributed by atoms with E-state index >= 15 is 0 Å². The van der Waals surface area contributed by atoms with Gasteiger partial charge in [-0.05, 0) is 12.1 Å². The quantitative estimate of drug-likeness (QED) is 0.464. The molecule has 0 radical (unpaired) electrons. The highest BCUT2D eigenvalue weighted by Gasteiger charge is 2.29. The predicted octanol–water partition coefficient (Wildman–Crippen LogP) is 0.261. The van der Waals surface area contributed by atoms with Crippen LogP contribution in [-0.2, 0) is 19.7 Å². The van der Waals surface area contributed by atoms with E-state index in [0.29, 0.717) is 21.1 Å². The first-order valence-corrected chi connectivity index (χ1v) is 8.26. The van der Waals surface area contributed by atoms with Gasteiger partial charge in [0.2, 0.25) is 0 Å². The molecular weight excluding hydrogens is 324 g/mol. The predicted molar refractivity (Wildman–Crippen MR) is 83.5 cm³/mol. The third-order valence-corrected chi connectivity index (χ3v) is 4.48. The van der Waals surface area contributed by atoms with E-state index in [1.54, 1.807) is 24.3 Å². The van der Waals surface area contributed by atoms with E-state index < -0.39 is 23.2 Å². The minimum atomic E-state index is -4.18. The molecular formula is C14H18N2O6S. The average Bonchev–Trinajstić information content (AvgIpc) is 2.55. The number of aliphatic hydroxyl groups is 2. The molecule has 0 bridgehead atoms.